The minimum absolute atomic E-state index is 0.124. The standard InChI is InChI=1S/C24H30N2O3/c1-19-9-13-25-22(17-19)29-21-10-16-28-24(18-21)11-14-26(15-12-24)23(27)8-7-20-5-3-2-4-6-20/h2-6,9,13,17,21H,7-8,10-12,14-16,18H2,1H3. The van der Waals surface area contributed by atoms with E-state index < -0.39 is 0 Å². The lowest BCUT2D eigenvalue weighted by Gasteiger charge is -2.46. The van der Waals surface area contributed by atoms with E-state index in [4.69, 9.17) is 9.47 Å². The number of nitrogens with zero attached hydrogens (tertiary/aromatic N) is 2. The Kier molecular flexibility index (Phi) is 6.14. The molecule has 0 saturated carbocycles. The third-order valence-electron chi connectivity index (χ3n) is 6.12. The summed E-state index contributed by atoms with van der Waals surface area (Å²) in [6, 6.07) is 14.2. The fraction of sp³-hybridized carbons (Fsp3) is 0.500. The number of aromatic nitrogens is 1. The van der Waals surface area contributed by atoms with Crippen molar-refractivity contribution in [1.82, 2.24) is 9.88 Å². The van der Waals surface area contributed by atoms with Gasteiger partial charge in [0, 0.05) is 44.6 Å². The zero-order valence-electron chi connectivity index (χ0n) is 17.2. The van der Waals surface area contributed by atoms with Crippen LogP contribution in [-0.2, 0) is 16.0 Å². The number of hydrogen-bond acceptors (Lipinski definition) is 4. The van der Waals surface area contributed by atoms with Gasteiger partial charge in [-0.25, -0.2) is 4.98 Å². The SMILES string of the molecule is Cc1ccnc(OC2CCOC3(CCN(C(=O)CCc4ccccc4)CC3)C2)c1. The van der Waals surface area contributed by atoms with Gasteiger partial charge in [0.1, 0.15) is 6.10 Å². The molecule has 3 heterocycles. The van der Waals surface area contributed by atoms with Gasteiger partial charge < -0.3 is 14.4 Å². The minimum atomic E-state index is -0.164. The molecular weight excluding hydrogens is 364 g/mol. The summed E-state index contributed by atoms with van der Waals surface area (Å²) in [5, 5.41) is 0. The molecule has 0 aliphatic carbocycles. The first-order chi connectivity index (χ1) is 14.1. The highest BCUT2D eigenvalue weighted by Gasteiger charge is 2.41. The molecule has 1 spiro atoms. The topological polar surface area (TPSA) is 51.7 Å². The Bertz CT molecular complexity index is 816. The second-order valence-electron chi connectivity index (χ2n) is 8.30. The lowest BCUT2D eigenvalue weighted by Crippen LogP contribution is -2.52. The molecule has 0 radical (unpaired) electrons. The summed E-state index contributed by atoms with van der Waals surface area (Å²) >= 11 is 0. The van der Waals surface area contributed by atoms with Crippen LogP contribution in [0.25, 0.3) is 0 Å². The van der Waals surface area contributed by atoms with Crippen molar-refractivity contribution in [3.05, 3.63) is 59.8 Å². The number of aryl methyl sites for hydroxylation is 2. The number of piperidine rings is 1. The van der Waals surface area contributed by atoms with Crippen molar-refractivity contribution < 1.29 is 14.3 Å². The Morgan fingerprint density at radius 2 is 2.03 bits per heavy atom. The van der Waals surface area contributed by atoms with E-state index >= 15 is 0 Å². The fourth-order valence-corrected chi connectivity index (χ4v) is 4.39. The minimum Gasteiger partial charge on any atom is -0.474 e. The predicted molar refractivity (Wildman–Crippen MR) is 112 cm³/mol. The molecule has 0 N–H and O–H groups in total. The summed E-state index contributed by atoms with van der Waals surface area (Å²) in [4.78, 5) is 19.0. The van der Waals surface area contributed by atoms with Crippen LogP contribution >= 0.6 is 0 Å². The molecule has 2 saturated heterocycles. The molecule has 0 bridgehead atoms. The largest absolute Gasteiger partial charge is 0.474 e. The van der Waals surface area contributed by atoms with Gasteiger partial charge in [-0.1, -0.05) is 30.3 Å². The Morgan fingerprint density at radius 1 is 1.24 bits per heavy atom. The van der Waals surface area contributed by atoms with Crippen LogP contribution in [0.1, 0.15) is 43.2 Å². The highest BCUT2D eigenvalue weighted by molar-refractivity contribution is 5.76. The number of amides is 1. The molecule has 5 heteroatoms. The Hall–Kier alpha value is -2.40. The third kappa shape index (κ3) is 5.15. The lowest BCUT2D eigenvalue weighted by molar-refractivity contribution is -0.151. The van der Waals surface area contributed by atoms with Crippen molar-refractivity contribution in [1.29, 1.82) is 0 Å². The maximum absolute atomic E-state index is 12.6. The monoisotopic (exact) mass is 394 g/mol. The van der Waals surface area contributed by atoms with Crippen molar-refractivity contribution >= 4 is 5.91 Å². The molecule has 2 aliphatic heterocycles. The number of hydrogen-bond donors (Lipinski definition) is 0. The van der Waals surface area contributed by atoms with Gasteiger partial charge in [0.25, 0.3) is 0 Å². The maximum atomic E-state index is 12.6. The van der Waals surface area contributed by atoms with Gasteiger partial charge in [-0.2, -0.15) is 0 Å². The second-order valence-corrected chi connectivity index (χ2v) is 8.30. The number of rotatable bonds is 5. The van der Waals surface area contributed by atoms with E-state index in [1.165, 1.54) is 5.56 Å². The Morgan fingerprint density at radius 3 is 2.79 bits per heavy atom. The maximum Gasteiger partial charge on any atom is 0.222 e. The molecule has 5 nitrogen and oxygen atoms in total. The lowest BCUT2D eigenvalue weighted by atomic mass is 9.83. The van der Waals surface area contributed by atoms with Crippen LogP contribution in [0.15, 0.2) is 48.7 Å². The zero-order chi connectivity index (χ0) is 20.1. The Labute approximate surface area is 173 Å². The summed E-state index contributed by atoms with van der Waals surface area (Å²) in [5.41, 5.74) is 2.21. The number of pyridine rings is 1. The van der Waals surface area contributed by atoms with Gasteiger partial charge in [-0.15, -0.1) is 0 Å². The quantitative estimate of drug-likeness (QED) is 0.771. The zero-order valence-corrected chi connectivity index (χ0v) is 17.2. The van der Waals surface area contributed by atoms with E-state index in [0.717, 1.165) is 50.8 Å². The van der Waals surface area contributed by atoms with Crippen molar-refractivity contribution in [2.24, 2.45) is 0 Å². The van der Waals surface area contributed by atoms with Gasteiger partial charge >= 0.3 is 0 Å². The van der Waals surface area contributed by atoms with Gasteiger partial charge in [-0.3, -0.25) is 4.79 Å². The fourth-order valence-electron chi connectivity index (χ4n) is 4.39. The second kappa shape index (κ2) is 8.95. The van der Waals surface area contributed by atoms with Crippen molar-refractivity contribution in [3.63, 3.8) is 0 Å². The van der Waals surface area contributed by atoms with E-state index in [9.17, 15) is 4.79 Å². The van der Waals surface area contributed by atoms with Crippen molar-refractivity contribution in [2.45, 2.75) is 57.2 Å². The molecule has 154 valence electrons. The van der Waals surface area contributed by atoms with Crippen LogP contribution in [0.2, 0.25) is 0 Å². The normalized spacial score (nSPS) is 21.1. The first-order valence-electron chi connectivity index (χ1n) is 10.7. The summed E-state index contributed by atoms with van der Waals surface area (Å²) in [6.07, 6.45) is 6.81. The van der Waals surface area contributed by atoms with Crippen LogP contribution in [0.5, 0.6) is 5.88 Å². The van der Waals surface area contributed by atoms with E-state index in [2.05, 4.69) is 17.1 Å². The van der Waals surface area contributed by atoms with E-state index in [-0.39, 0.29) is 17.6 Å². The predicted octanol–water partition coefficient (Wildman–Crippen LogP) is 3.94. The molecule has 2 aromatic rings. The average Bonchev–Trinajstić information content (AvgIpc) is 2.73. The molecule has 29 heavy (non-hydrogen) atoms. The average molecular weight is 395 g/mol. The van der Waals surface area contributed by atoms with Crippen LogP contribution in [-0.4, -0.2) is 47.2 Å². The highest BCUT2D eigenvalue weighted by atomic mass is 16.5. The molecule has 1 unspecified atom stereocenters. The van der Waals surface area contributed by atoms with Crippen LogP contribution in [0.3, 0.4) is 0 Å². The molecule has 1 atom stereocenters. The Balaban J connectivity index is 1.28. The summed E-state index contributed by atoms with van der Waals surface area (Å²) in [6.45, 7) is 4.29. The number of carbonyl (C=O) groups excluding carboxylic acids is 1. The molecule has 1 aromatic carbocycles. The first-order valence-corrected chi connectivity index (χ1v) is 10.7. The summed E-state index contributed by atoms with van der Waals surface area (Å²) < 4.78 is 12.4. The molecular formula is C24H30N2O3. The molecule has 2 fully saturated rings. The molecule has 1 aromatic heterocycles. The summed E-state index contributed by atoms with van der Waals surface area (Å²) in [5.74, 6) is 0.942. The van der Waals surface area contributed by atoms with Crippen molar-refractivity contribution in [3.8, 4) is 5.88 Å². The molecule has 2 aliphatic rings. The number of benzene rings is 1. The van der Waals surface area contributed by atoms with Crippen LogP contribution in [0.4, 0.5) is 0 Å². The van der Waals surface area contributed by atoms with Crippen molar-refractivity contribution in [2.75, 3.05) is 19.7 Å². The van der Waals surface area contributed by atoms with Gasteiger partial charge in [-0.05, 0) is 43.4 Å². The summed E-state index contributed by atoms with van der Waals surface area (Å²) in [7, 11) is 0. The van der Waals surface area contributed by atoms with E-state index in [0.29, 0.717) is 18.9 Å². The third-order valence-corrected chi connectivity index (χ3v) is 6.12. The number of likely N-dealkylation sites (tertiary alicyclic amines) is 1. The number of ether oxygens (including phenoxy) is 2. The van der Waals surface area contributed by atoms with Crippen LogP contribution in [0, 0.1) is 6.92 Å². The molecule has 4 rings (SSSR count). The van der Waals surface area contributed by atoms with E-state index in [1.54, 1.807) is 6.20 Å². The first kappa shape index (κ1) is 19.9. The number of carbonyl (C=O) groups is 1. The van der Waals surface area contributed by atoms with E-state index in [1.807, 2.05) is 42.2 Å². The van der Waals surface area contributed by atoms with Gasteiger partial charge in [0.15, 0.2) is 0 Å². The van der Waals surface area contributed by atoms with Gasteiger partial charge in [0.05, 0.1) is 12.2 Å². The van der Waals surface area contributed by atoms with Gasteiger partial charge in [0.2, 0.25) is 11.8 Å². The smallest absolute Gasteiger partial charge is 0.222 e. The van der Waals surface area contributed by atoms with Crippen LogP contribution < -0.4 is 4.74 Å². The molecule has 1 amide bonds. The highest BCUT2D eigenvalue weighted by Crippen LogP contribution is 2.36.